The van der Waals surface area contributed by atoms with Gasteiger partial charge in [-0.05, 0) is 37.8 Å². The molecule has 7 nitrogen and oxygen atoms in total. The lowest BCUT2D eigenvalue weighted by Gasteiger charge is -2.33. The highest BCUT2D eigenvalue weighted by atomic mass is 16.5. The van der Waals surface area contributed by atoms with Gasteiger partial charge in [-0.25, -0.2) is 4.79 Å². The van der Waals surface area contributed by atoms with Crippen LogP contribution in [0.15, 0.2) is 42.2 Å². The number of rotatable bonds is 7. The fraction of sp³-hybridized carbons (Fsp3) is 0.381. The molecule has 0 spiro atoms. The summed E-state index contributed by atoms with van der Waals surface area (Å²) in [5.41, 5.74) is 6.70. The lowest BCUT2D eigenvalue weighted by molar-refractivity contribution is 0.0997. The molecule has 1 aliphatic rings. The van der Waals surface area contributed by atoms with Crippen LogP contribution in [0.2, 0.25) is 0 Å². The van der Waals surface area contributed by atoms with Gasteiger partial charge in [0.2, 0.25) is 0 Å². The van der Waals surface area contributed by atoms with Crippen LogP contribution in [0.25, 0.3) is 5.70 Å². The molecule has 2 rings (SSSR count). The Kier molecular flexibility index (Phi) is 7.37. The Morgan fingerprint density at radius 2 is 1.96 bits per heavy atom. The van der Waals surface area contributed by atoms with Gasteiger partial charge in [-0.1, -0.05) is 25.8 Å². The number of hydrogen-bond acceptors (Lipinski definition) is 4. The standard InChI is InChI=1S/C21H28N4O3/c1-5-25(16-9-7-6-8-10-16)21(27)24(3)14-18(23-2)15-11-12-19(28-4)17(13-15)20(22)26/h5,11-14,16H,1-2,6-10H2,3-4H3,(H2,22,26). The number of benzene rings is 1. The van der Waals surface area contributed by atoms with E-state index >= 15 is 0 Å². The normalized spacial score (nSPS) is 14.9. The van der Waals surface area contributed by atoms with Crippen molar-refractivity contribution in [3.63, 3.8) is 0 Å². The number of ether oxygens (including phenoxy) is 1. The highest BCUT2D eigenvalue weighted by Gasteiger charge is 2.25. The maximum Gasteiger partial charge on any atom is 0.328 e. The van der Waals surface area contributed by atoms with Gasteiger partial charge in [-0.15, -0.1) is 0 Å². The summed E-state index contributed by atoms with van der Waals surface area (Å²) in [6, 6.07) is 4.92. The zero-order valence-electron chi connectivity index (χ0n) is 16.6. The van der Waals surface area contributed by atoms with Gasteiger partial charge < -0.3 is 15.4 Å². The number of amides is 3. The molecule has 0 aromatic heterocycles. The van der Waals surface area contributed by atoms with Crippen LogP contribution < -0.4 is 10.5 Å². The lowest BCUT2D eigenvalue weighted by Crippen LogP contribution is -2.42. The Morgan fingerprint density at radius 3 is 2.50 bits per heavy atom. The first-order valence-electron chi connectivity index (χ1n) is 9.27. The van der Waals surface area contributed by atoms with Crippen molar-refractivity contribution in [3.05, 3.63) is 48.3 Å². The van der Waals surface area contributed by atoms with Crippen LogP contribution >= 0.6 is 0 Å². The van der Waals surface area contributed by atoms with Crippen molar-refractivity contribution in [2.75, 3.05) is 14.2 Å². The minimum atomic E-state index is -0.610. The van der Waals surface area contributed by atoms with Crippen molar-refractivity contribution in [2.45, 2.75) is 38.1 Å². The third-order valence-corrected chi connectivity index (χ3v) is 4.93. The summed E-state index contributed by atoms with van der Waals surface area (Å²) in [6.07, 6.45) is 8.55. The van der Waals surface area contributed by atoms with Crippen molar-refractivity contribution < 1.29 is 14.3 Å². The molecule has 0 saturated heterocycles. The average molecular weight is 384 g/mol. The molecular weight excluding hydrogens is 356 g/mol. The molecule has 7 heteroatoms. The van der Waals surface area contributed by atoms with E-state index in [0.717, 1.165) is 25.7 Å². The predicted molar refractivity (Wildman–Crippen MR) is 111 cm³/mol. The number of nitrogens with zero attached hydrogens (tertiary/aromatic N) is 3. The molecule has 2 N–H and O–H groups in total. The molecule has 0 bridgehead atoms. The molecule has 1 aromatic carbocycles. The zero-order valence-corrected chi connectivity index (χ0v) is 16.6. The van der Waals surface area contributed by atoms with Gasteiger partial charge in [0.15, 0.2) is 0 Å². The van der Waals surface area contributed by atoms with Gasteiger partial charge in [0.1, 0.15) is 5.75 Å². The quantitative estimate of drug-likeness (QED) is 0.728. The summed E-state index contributed by atoms with van der Waals surface area (Å²) in [6.45, 7) is 7.39. The number of carbonyl (C=O) groups is 2. The minimum Gasteiger partial charge on any atom is -0.496 e. The van der Waals surface area contributed by atoms with Crippen LogP contribution in [0.5, 0.6) is 5.75 Å². The molecule has 0 radical (unpaired) electrons. The fourth-order valence-electron chi connectivity index (χ4n) is 3.43. The summed E-state index contributed by atoms with van der Waals surface area (Å²) in [5.74, 6) is -0.235. The van der Waals surface area contributed by atoms with Crippen LogP contribution in [0, 0.1) is 0 Å². The van der Waals surface area contributed by atoms with E-state index in [9.17, 15) is 9.59 Å². The van der Waals surface area contributed by atoms with E-state index < -0.39 is 5.91 Å². The summed E-state index contributed by atoms with van der Waals surface area (Å²) >= 11 is 0. The summed E-state index contributed by atoms with van der Waals surface area (Å²) < 4.78 is 5.16. The number of urea groups is 1. The molecule has 1 aromatic rings. The molecule has 3 amide bonds. The molecule has 0 aliphatic heterocycles. The topological polar surface area (TPSA) is 88.2 Å². The van der Waals surface area contributed by atoms with E-state index in [1.165, 1.54) is 18.4 Å². The van der Waals surface area contributed by atoms with Crippen molar-refractivity contribution in [2.24, 2.45) is 10.7 Å². The third-order valence-electron chi connectivity index (χ3n) is 4.93. The van der Waals surface area contributed by atoms with Crippen molar-refractivity contribution >= 4 is 24.4 Å². The first-order chi connectivity index (χ1) is 13.4. The smallest absolute Gasteiger partial charge is 0.328 e. The van der Waals surface area contributed by atoms with Crippen LogP contribution in [-0.4, -0.2) is 48.7 Å². The predicted octanol–water partition coefficient (Wildman–Crippen LogP) is 3.62. The molecular formula is C21H28N4O3. The average Bonchev–Trinajstić information content (AvgIpc) is 2.72. The minimum absolute atomic E-state index is 0.164. The van der Waals surface area contributed by atoms with Crippen molar-refractivity contribution in [1.82, 2.24) is 9.80 Å². The van der Waals surface area contributed by atoms with E-state index in [1.807, 2.05) is 0 Å². The van der Waals surface area contributed by atoms with Crippen LogP contribution in [0.4, 0.5) is 4.79 Å². The number of methoxy groups -OCH3 is 1. The second-order valence-corrected chi connectivity index (χ2v) is 6.73. The van der Waals surface area contributed by atoms with Crippen molar-refractivity contribution in [3.8, 4) is 5.75 Å². The van der Waals surface area contributed by atoms with E-state index in [1.54, 1.807) is 42.5 Å². The van der Waals surface area contributed by atoms with Crippen molar-refractivity contribution in [1.29, 1.82) is 0 Å². The summed E-state index contributed by atoms with van der Waals surface area (Å²) in [7, 11) is 3.12. The number of hydrogen-bond donors (Lipinski definition) is 1. The van der Waals surface area contributed by atoms with Gasteiger partial charge in [-0.2, -0.15) is 0 Å². The largest absolute Gasteiger partial charge is 0.496 e. The monoisotopic (exact) mass is 384 g/mol. The molecule has 1 aliphatic carbocycles. The molecule has 0 unspecified atom stereocenters. The summed E-state index contributed by atoms with van der Waals surface area (Å²) in [5, 5.41) is 0. The maximum absolute atomic E-state index is 12.9. The molecule has 1 saturated carbocycles. The Balaban J connectivity index is 2.28. The van der Waals surface area contributed by atoms with Gasteiger partial charge in [0, 0.05) is 31.1 Å². The van der Waals surface area contributed by atoms with Gasteiger partial charge in [-0.3, -0.25) is 14.7 Å². The second kappa shape index (κ2) is 9.73. The number of nitrogens with two attached hydrogens (primary N) is 1. The molecule has 0 heterocycles. The Morgan fingerprint density at radius 1 is 1.29 bits per heavy atom. The molecule has 28 heavy (non-hydrogen) atoms. The number of carbonyl (C=O) groups excluding carboxylic acids is 2. The highest BCUT2D eigenvalue weighted by Crippen LogP contribution is 2.26. The van der Waals surface area contributed by atoms with E-state index in [0.29, 0.717) is 17.0 Å². The number of primary amides is 1. The van der Waals surface area contributed by atoms with Gasteiger partial charge in [0.05, 0.1) is 18.4 Å². The van der Waals surface area contributed by atoms with E-state index in [-0.39, 0.29) is 17.6 Å². The SMILES string of the molecule is C=CN(C(=O)N(C)C=C(N=C)c1ccc(OC)c(C(N)=O)c1)C1CCCCC1. The second-order valence-electron chi connectivity index (χ2n) is 6.73. The fourth-order valence-corrected chi connectivity index (χ4v) is 3.43. The maximum atomic E-state index is 12.9. The lowest BCUT2D eigenvalue weighted by atomic mass is 9.94. The van der Waals surface area contributed by atoms with Gasteiger partial charge >= 0.3 is 6.03 Å². The van der Waals surface area contributed by atoms with E-state index in [2.05, 4.69) is 18.3 Å². The van der Waals surface area contributed by atoms with Crippen LogP contribution in [0.1, 0.15) is 48.0 Å². The first-order valence-corrected chi connectivity index (χ1v) is 9.27. The molecule has 0 atom stereocenters. The van der Waals surface area contributed by atoms with Gasteiger partial charge in [0.25, 0.3) is 5.91 Å². The number of aliphatic imine (C=N–C) groups is 1. The molecule has 150 valence electrons. The Bertz CT molecular complexity index is 782. The summed E-state index contributed by atoms with van der Waals surface area (Å²) in [4.78, 5) is 31.7. The zero-order chi connectivity index (χ0) is 20.7. The Hall–Kier alpha value is -3.09. The highest BCUT2D eigenvalue weighted by molar-refractivity contribution is 5.96. The van der Waals surface area contributed by atoms with Crippen LogP contribution in [-0.2, 0) is 0 Å². The van der Waals surface area contributed by atoms with Crippen LogP contribution in [0.3, 0.4) is 0 Å². The van der Waals surface area contributed by atoms with E-state index in [4.69, 9.17) is 10.5 Å². The molecule has 1 fully saturated rings. The first kappa shape index (κ1) is 21.2. The Labute approximate surface area is 166 Å². The third kappa shape index (κ3) is 4.79.